The molecule has 0 radical (unpaired) electrons. The van der Waals surface area contributed by atoms with Crippen LogP contribution in [0.3, 0.4) is 0 Å². The van der Waals surface area contributed by atoms with Gasteiger partial charge in [0.05, 0.1) is 13.2 Å². The number of morpholine rings is 1. The number of nitrogens with zero attached hydrogens (tertiary/aromatic N) is 2. The predicted octanol–water partition coefficient (Wildman–Crippen LogP) is 0.518. The van der Waals surface area contributed by atoms with Crippen LogP contribution in [-0.4, -0.2) is 65.9 Å². The Labute approximate surface area is 118 Å². The van der Waals surface area contributed by atoms with Crippen LogP contribution >= 0.6 is 0 Å². The third-order valence-corrected chi connectivity index (χ3v) is 4.10. The van der Waals surface area contributed by atoms with Crippen molar-refractivity contribution in [2.75, 3.05) is 32.8 Å². The third-order valence-electron chi connectivity index (χ3n) is 4.10. The largest absolute Gasteiger partial charge is 0.480 e. The fourth-order valence-corrected chi connectivity index (χ4v) is 2.76. The molecule has 0 aromatic carbocycles. The molecule has 2 unspecified atom stereocenters. The Kier molecular flexibility index (Phi) is 5.19. The number of nitrogens with one attached hydrogen (secondary N) is 1. The molecule has 2 aliphatic rings. The van der Waals surface area contributed by atoms with Crippen molar-refractivity contribution in [1.82, 2.24) is 15.3 Å². The number of urea groups is 1. The van der Waals surface area contributed by atoms with E-state index in [9.17, 15) is 14.7 Å². The fraction of sp³-hybridized carbons (Fsp3) is 0.846. The molecule has 2 rings (SSSR count). The third kappa shape index (κ3) is 3.61. The molecule has 2 amide bonds. The van der Waals surface area contributed by atoms with Crippen molar-refractivity contribution >= 4 is 12.0 Å². The van der Waals surface area contributed by atoms with Gasteiger partial charge in [0, 0.05) is 19.6 Å². The highest BCUT2D eigenvalue weighted by atomic mass is 16.5. The lowest BCUT2D eigenvalue weighted by molar-refractivity contribution is -0.144. The van der Waals surface area contributed by atoms with Crippen molar-refractivity contribution in [3.8, 4) is 0 Å². The Hall–Kier alpha value is -1.34. The van der Waals surface area contributed by atoms with E-state index in [1.54, 1.807) is 5.01 Å². The summed E-state index contributed by atoms with van der Waals surface area (Å²) in [6.07, 6.45) is 2.38. The number of hydrogen-bond acceptors (Lipinski definition) is 4. The van der Waals surface area contributed by atoms with E-state index < -0.39 is 12.0 Å². The van der Waals surface area contributed by atoms with E-state index in [2.05, 4.69) is 12.3 Å². The molecule has 0 bridgehead atoms. The van der Waals surface area contributed by atoms with Crippen molar-refractivity contribution in [1.29, 1.82) is 0 Å². The first kappa shape index (κ1) is 15.1. The van der Waals surface area contributed by atoms with Crippen LogP contribution in [0.5, 0.6) is 0 Å². The maximum Gasteiger partial charge on any atom is 0.332 e. The van der Waals surface area contributed by atoms with Crippen LogP contribution in [-0.2, 0) is 9.53 Å². The number of carbonyl (C=O) groups excluding carboxylic acids is 1. The molecule has 114 valence electrons. The molecule has 2 aliphatic heterocycles. The standard InChI is InChI=1S/C13H23N3O4/c1-2-10-3-4-16(11(9-10)12(17)18)13(19)14-15-5-7-20-8-6-15/h10-11H,2-9H2,1H3,(H,14,19)(H,17,18). The number of hydrazine groups is 1. The summed E-state index contributed by atoms with van der Waals surface area (Å²) in [5, 5.41) is 11.1. The van der Waals surface area contributed by atoms with Gasteiger partial charge in [0.15, 0.2) is 0 Å². The van der Waals surface area contributed by atoms with Gasteiger partial charge in [0.2, 0.25) is 0 Å². The lowest BCUT2D eigenvalue weighted by Gasteiger charge is -2.38. The van der Waals surface area contributed by atoms with Crippen LogP contribution in [0.15, 0.2) is 0 Å². The molecule has 2 fully saturated rings. The lowest BCUT2D eigenvalue weighted by Crippen LogP contribution is -2.58. The van der Waals surface area contributed by atoms with Gasteiger partial charge in [-0.25, -0.2) is 14.6 Å². The number of carbonyl (C=O) groups is 2. The van der Waals surface area contributed by atoms with E-state index in [1.165, 1.54) is 4.90 Å². The Morgan fingerprint density at radius 3 is 2.60 bits per heavy atom. The molecule has 20 heavy (non-hydrogen) atoms. The second-order valence-electron chi connectivity index (χ2n) is 5.36. The molecular formula is C13H23N3O4. The Bertz CT molecular complexity index is 358. The molecule has 0 saturated carbocycles. The Morgan fingerprint density at radius 2 is 2.00 bits per heavy atom. The van der Waals surface area contributed by atoms with Crippen LogP contribution in [0.25, 0.3) is 0 Å². The van der Waals surface area contributed by atoms with Gasteiger partial charge in [-0.2, -0.15) is 0 Å². The van der Waals surface area contributed by atoms with Crippen LogP contribution < -0.4 is 5.43 Å². The van der Waals surface area contributed by atoms with Gasteiger partial charge in [0.25, 0.3) is 0 Å². The number of aliphatic carboxylic acids is 1. The second-order valence-corrected chi connectivity index (χ2v) is 5.36. The SMILES string of the molecule is CCC1CCN(C(=O)NN2CCOCC2)C(C(=O)O)C1. The van der Waals surface area contributed by atoms with E-state index in [4.69, 9.17) is 4.74 Å². The number of piperidine rings is 1. The summed E-state index contributed by atoms with van der Waals surface area (Å²) in [7, 11) is 0. The summed E-state index contributed by atoms with van der Waals surface area (Å²) < 4.78 is 5.21. The van der Waals surface area contributed by atoms with Gasteiger partial charge >= 0.3 is 12.0 Å². The summed E-state index contributed by atoms with van der Waals surface area (Å²) in [5.74, 6) is -0.524. The number of carboxylic acid groups (broad SMARTS) is 1. The highest BCUT2D eigenvalue weighted by Crippen LogP contribution is 2.25. The summed E-state index contributed by atoms with van der Waals surface area (Å²) in [6.45, 7) is 5.00. The Balaban J connectivity index is 1.94. The maximum absolute atomic E-state index is 12.2. The van der Waals surface area contributed by atoms with Crippen LogP contribution in [0.1, 0.15) is 26.2 Å². The van der Waals surface area contributed by atoms with E-state index in [0.717, 1.165) is 12.8 Å². The van der Waals surface area contributed by atoms with Crippen LogP contribution in [0.4, 0.5) is 4.79 Å². The average Bonchev–Trinajstić information content (AvgIpc) is 2.47. The van der Waals surface area contributed by atoms with Crippen molar-refractivity contribution < 1.29 is 19.4 Å². The predicted molar refractivity (Wildman–Crippen MR) is 72.1 cm³/mol. The van der Waals surface area contributed by atoms with Gasteiger partial charge in [-0.05, 0) is 18.8 Å². The first-order chi connectivity index (χ1) is 9.61. The Morgan fingerprint density at radius 1 is 1.30 bits per heavy atom. The molecule has 2 atom stereocenters. The number of rotatable bonds is 3. The van der Waals surface area contributed by atoms with E-state index in [1.807, 2.05) is 0 Å². The molecule has 7 heteroatoms. The maximum atomic E-state index is 12.2. The van der Waals surface area contributed by atoms with E-state index in [0.29, 0.717) is 45.2 Å². The quantitative estimate of drug-likeness (QED) is 0.790. The van der Waals surface area contributed by atoms with Crippen molar-refractivity contribution in [3.63, 3.8) is 0 Å². The van der Waals surface area contributed by atoms with Gasteiger partial charge in [-0.15, -0.1) is 0 Å². The molecule has 2 saturated heterocycles. The molecule has 0 aromatic heterocycles. The summed E-state index contributed by atoms with van der Waals surface area (Å²) >= 11 is 0. The lowest BCUT2D eigenvalue weighted by atomic mass is 9.89. The van der Waals surface area contributed by atoms with E-state index >= 15 is 0 Å². The van der Waals surface area contributed by atoms with Crippen LogP contribution in [0.2, 0.25) is 0 Å². The summed E-state index contributed by atoms with van der Waals surface area (Å²) in [5.41, 5.74) is 2.78. The minimum absolute atomic E-state index is 0.311. The smallest absolute Gasteiger partial charge is 0.332 e. The first-order valence-electron chi connectivity index (χ1n) is 7.24. The highest BCUT2D eigenvalue weighted by molar-refractivity contribution is 5.82. The van der Waals surface area contributed by atoms with Crippen LogP contribution in [0, 0.1) is 5.92 Å². The average molecular weight is 285 g/mol. The minimum Gasteiger partial charge on any atom is -0.480 e. The topological polar surface area (TPSA) is 82.1 Å². The molecule has 2 heterocycles. The minimum atomic E-state index is -0.916. The van der Waals surface area contributed by atoms with Gasteiger partial charge < -0.3 is 14.7 Å². The van der Waals surface area contributed by atoms with E-state index in [-0.39, 0.29) is 6.03 Å². The first-order valence-corrected chi connectivity index (χ1v) is 7.24. The number of ether oxygens (including phenoxy) is 1. The molecule has 0 aliphatic carbocycles. The molecule has 0 spiro atoms. The zero-order chi connectivity index (χ0) is 14.5. The van der Waals surface area contributed by atoms with Gasteiger partial charge in [0.1, 0.15) is 6.04 Å². The van der Waals surface area contributed by atoms with Crippen molar-refractivity contribution in [2.24, 2.45) is 5.92 Å². The number of hydrogen-bond donors (Lipinski definition) is 2. The normalized spacial score (nSPS) is 28.1. The zero-order valence-electron chi connectivity index (χ0n) is 11.9. The zero-order valence-corrected chi connectivity index (χ0v) is 11.9. The molecule has 0 aromatic rings. The second kappa shape index (κ2) is 6.90. The highest BCUT2D eigenvalue weighted by Gasteiger charge is 2.36. The molecule has 2 N–H and O–H groups in total. The molecule has 7 nitrogen and oxygen atoms in total. The number of amides is 2. The van der Waals surface area contributed by atoms with Gasteiger partial charge in [-0.3, -0.25) is 5.43 Å². The van der Waals surface area contributed by atoms with Gasteiger partial charge in [-0.1, -0.05) is 13.3 Å². The fourth-order valence-electron chi connectivity index (χ4n) is 2.76. The van der Waals surface area contributed by atoms with Crippen molar-refractivity contribution in [2.45, 2.75) is 32.2 Å². The van der Waals surface area contributed by atoms with Crippen molar-refractivity contribution in [3.05, 3.63) is 0 Å². The summed E-state index contributed by atoms with van der Waals surface area (Å²) in [4.78, 5) is 25.1. The monoisotopic (exact) mass is 285 g/mol. The summed E-state index contributed by atoms with van der Waals surface area (Å²) in [6, 6.07) is -1.02. The number of carboxylic acids is 1. The molecular weight excluding hydrogens is 262 g/mol. The number of likely N-dealkylation sites (tertiary alicyclic amines) is 1.